The van der Waals surface area contributed by atoms with Crippen LogP contribution in [-0.4, -0.2) is 29.8 Å². The summed E-state index contributed by atoms with van der Waals surface area (Å²) in [5.74, 6) is -0.350. The predicted molar refractivity (Wildman–Crippen MR) is 156 cm³/mol. The fraction of sp³-hybridized carbons (Fsp3) is 0.176. The molecule has 0 bridgehead atoms. The number of hydrogen-bond donors (Lipinski definition) is 1. The van der Waals surface area contributed by atoms with E-state index >= 15 is 0 Å². The van der Waals surface area contributed by atoms with E-state index in [0.29, 0.717) is 16.9 Å². The highest BCUT2D eigenvalue weighted by molar-refractivity contribution is 6.13. The molecule has 4 aromatic rings. The summed E-state index contributed by atoms with van der Waals surface area (Å²) in [5.41, 5.74) is 4.17. The zero-order valence-corrected chi connectivity index (χ0v) is 22.3. The maximum absolute atomic E-state index is 13.9. The van der Waals surface area contributed by atoms with Crippen LogP contribution < -0.4 is 9.64 Å². The normalized spacial score (nSPS) is 11.5. The van der Waals surface area contributed by atoms with Crippen LogP contribution in [0, 0.1) is 0 Å². The van der Waals surface area contributed by atoms with Crippen LogP contribution >= 0.6 is 0 Å². The molecule has 0 amide bonds. The minimum atomic E-state index is -1.48. The van der Waals surface area contributed by atoms with Gasteiger partial charge in [0.15, 0.2) is 11.6 Å². The molecule has 0 heterocycles. The second-order valence-corrected chi connectivity index (χ2v) is 9.14. The van der Waals surface area contributed by atoms with Crippen LogP contribution in [0.2, 0.25) is 0 Å². The Morgan fingerprint density at radius 1 is 0.872 bits per heavy atom. The molecule has 1 N–H and O–H groups in total. The first-order valence-electron chi connectivity index (χ1n) is 13.1. The summed E-state index contributed by atoms with van der Waals surface area (Å²) >= 11 is 0. The Balaban J connectivity index is 1.70. The number of carbonyl (C=O) groups excluding carboxylic acids is 2. The topological polar surface area (TPSA) is 66.8 Å². The lowest BCUT2D eigenvalue weighted by molar-refractivity contribution is 0.0745. The fourth-order valence-electron chi connectivity index (χ4n) is 4.50. The Morgan fingerprint density at radius 2 is 1.54 bits per heavy atom. The van der Waals surface area contributed by atoms with Crippen molar-refractivity contribution in [2.45, 2.75) is 26.6 Å². The van der Waals surface area contributed by atoms with Crippen molar-refractivity contribution in [2.24, 2.45) is 0 Å². The molecule has 0 aliphatic rings. The monoisotopic (exact) mass is 519 g/mol. The minimum Gasteiger partial charge on any atom is -0.488 e. The first-order valence-corrected chi connectivity index (χ1v) is 13.1. The van der Waals surface area contributed by atoms with Crippen LogP contribution in [0.3, 0.4) is 0 Å². The second-order valence-electron chi connectivity index (χ2n) is 9.14. The Hall–Kier alpha value is -4.48. The van der Waals surface area contributed by atoms with Crippen molar-refractivity contribution in [1.29, 1.82) is 0 Å². The summed E-state index contributed by atoms with van der Waals surface area (Å²) in [5, 5.41) is 11.0. The maximum atomic E-state index is 13.9. The van der Waals surface area contributed by atoms with E-state index in [9.17, 15) is 14.7 Å². The molecule has 1 atom stereocenters. The third-order valence-corrected chi connectivity index (χ3v) is 6.75. The van der Waals surface area contributed by atoms with Crippen molar-refractivity contribution < 1.29 is 19.4 Å². The van der Waals surface area contributed by atoms with Gasteiger partial charge in [-0.05, 0) is 42.7 Å². The fourth-order valence-corrected chi connectivity index (χ4v) is 4.50. The zero-order chi connectivity index (χ0) is 27.8. The van der Waals surface area contributed by atoms with Gasteiger partial charge in [0, 0.05) is 36.0 Å². The van der Waals surface area contributed by atoms with Gasteiger partial charge in [-0.1, -0.05) is 91.5 Å². The van der Waals surface area contributed by atoms with Gasteiger partial charge < -0.3 is 14.7 Å². The van der Waals surface area contributed by atoms with Gasteiger partial charge in [-0.15, -0.1) is 0 Å². The van der Waals surface area contributed by atoms with Gasteiger partial charge in [-0.2, -0.15) is 0 Å². The highest BCUT2D eigenvalue weighted by atomic mass is 16.5. The number of ketones is 2. The second kappa shape index (κ2) is 12.9. The molecule has 0 aromatic heterocycles. The molecule has 198 valence electrons. The molecule has 0 saturated heterocycles. The number of aliphatic hydroxyl groups is 1. The SMILES string of the molecule is C=Cc1ccc(COc2cc(N(CC)CC)ccc2C(=O)c2ccccc2C(O)C(=O)c2ccccc2)cc1. The lowest BCUT2D eigenvalue weighted by Crippen LogP contribution is -2.22. The number of aliphatic hydroxyl groups excluding tert-OH is 1. The number of hydrogen-bond acceptors (Lipinski definition) is 5. The number of anilines is 1. The third-order valence-electron chi connectivity index (χ3n) is 6.75. The molecule has 5 nitrogen and oxygen atoms in total. The smallest absolute Gasteiger partial charge is 0.197 e. The van der Waals surface area contributed by atoms with Crippen molar-refractivity contribution in [1.82, 2.24) is 0 Å². The number of Topliss-reactive ketones (excluding diaryl/α,β-unsaturated/α-hetero) is 1. The Kier molecular flexibility index (Phi) is 9.08. The average molecular weight is 520 g/mol. The van der Waals surface area contributed by atoms with Crippen molar-refractivity contribution in [3.63, 3.8) is 0 Å². The van der Waals surface area contributed by atoms with E-state index in [1.165, 1.54) is 0 Å². The molecule has 39 heavy (non-hydrogen) atoms. The number of ether oxygens (including phenoxy) is 1. The van der Waals surface area contributed by atoms with E-state index < -0.39 is 11.9 Å². The highest BCUT2D eigenvalue weighted by Gasteiger charge is 2.26. The van der Waals surface area contributed by atoms with Crippen molar-refractivity contribution in [2.75, 3.05) is 18.0 Å². The summed E-state index contributed by atoms with van der Waals surface area (Å²) in [4.78, 5) is 29.1. The van der Waals surface area contributed by atoms with E-state index in [-0.39, 0.29) is 23.5 Å². The molecule has 1 unspecified atom stereocenters. The van der Waals surface area contributed by atoms with Crippen LogP contribution in [0.5, 0.6) is 5.75 Å². The summed E-state index contributed by atoms with van der Waals surface area (Å²) < 4.78 is 6.23. The van der Waals surface area contributed by atoms with E-state index in [0.717, 1.165) is 29.9 Å². The quantitative estimate of drug-likeness (QED) is 0.206. The molecule has 0 aliphatic heterocycles. The molecule has 0 radical (unpaired) electrons. The van der Waals surface area contributed by atoms with Crippen LogP contribution in [-0.2, 0) is 6.61 Å². The van der Waals surface area contributed by atoms with E-state index in [4.69, 9.17) is 4.74 Å². The molecule has 0 aliphatic carbocycles. The van der Waals surface area contributed by atoms with Gasteiger partial charge in [-0.25, -0.2) is 0 Å². The minimum absolute atomic E-state index is 0.255. The first-order chi connectivity index (χ1) is 19.0. The predicted octanol–water partition coefficient (Wildman–Crippen LogP) is 6.90. The summed E-state index contributed by atoms with van der Waals surface area (Å²) in [6.45, 7) is 9.83. The number of carbonyl (C=O) groups is 2. The standard InChI is InChI=1S/C34H33NO4/c1-4-24-16-18-25(19-17-24)23-39-31-22-27(35(5-2)6-3)20-21-30(31)33(37)28-14-10-11-15-29(28)34(38)32(36)26-12-8-7-9-13-26/h4,7-22,34,38H,1,5-6,23H2,2-3H3. The Bertz CT molecular complexity index is 1440. The van der Waals surface area contributed by atoms with Crippen LogP contribution in [0.4, 0.5) is 5.69 Å². The van der Waals surface area contributed by atoms with Gasteiger partial charge in [0.25, 0.3) is 0 Å². The Morgan fingerprint density at radius 3 is 2.21 bits per heavy atom. The van der Waals surface area contributed by atoms with Gasteiger partial charge in [-0.3, -0.25) is 9.59 Å². The highest BCUT2D eigenvalue weighted by Crippen LogP contribution is 2.31. The zero-order valence-electron chi connectivity index (χ0n) is 22.3. The molecule has 0 fully saturated rings. The first kappa shape index (κ1) is 27.6. The molecule has 0 saturated carbocycles. The lowest BCUT2D eigenvalue weighted by atomic mass is 9.91. The van der Waals surface area contributed by atoms with Crippen LogP contribution in [0.25, 0.3) is 6.08 Å². The Labute approximate surface area is 230 Å². The van der Waals surface area contributed by atoms with Gasteiger partial charge in [0.1, 0.15) is 18.5 Å². The molecule has 4 aromatic carbocycles. The summed E-state index contributed by atoms with van der Waals surface area (Å²) in [6.07, 6.45) is 0.304. The number of rotatable bonds is 12. The average Bonchev–Trinajstić information content (AvgIpc) is 3.00. The van der Waals surface area contributed by atoms with E-state index in [2.05, 4.69) is 25.3 Å². The molecule has 5 heteroatoms. The van der Waals surface area contributed by atoms with Gasteiger partial charge >= 0.3 is 0 Å². The van der Waals surface area contributed by atoms with Crippen LogP contribution in [0.15, 0.2) is 104 Å². The van der Waals surface area contributed by atoms with E-state index in [1.807, 2.05) is 36.4 Å². The molecule has 4 rings (SSSR count). The summed E-state index contributed by atoms with van der Waals surface area (Å²) in [7, 11) is 0. The van der Waals surface area contributed by atoms with Gasteiger partial charge in [0.2, 0.25) is 0 Å². The van der Waals surface area contributed by atoms with E-state index in [1.54, 1.807) is 66.7 Å². The van der Waals surface area contributed by atoms with Crippen molar-refractivity contribution >= 4 is 23.3 Å². The third kappa shape index (κ3) is 6.33. The van der Waals surface area contributed by atoms with Crippen molar-refractivity contribution in [3.8, 4) is 5.75 Å². The largest absolute Gasteiger partial charge is 0.488 e. The maximum Gasteiger partial charge on any atom is 0.197 e. The molecule has 0 spiro atoms. The van der Waals surface area contributed by atoms with Crippen LogP contribution in [0.1, 0.15) is 62.9 Å². The van der Waals surface area contributed by atoms with Crippen molar-refractivity contribution in [3.05, 3.63) is 137 Å². The van der Waals surface area contributed by atoms with Gasteiger partial charge in [0.05, 0.1) is 5.56 Å². The number of nitrogens with zero attached hydrogens (tertiary/aromatic N) is 1. The molecular formula is C34H33NO4. The molecular weight excluding hydrogens is 486 g/mol. The number of benzene rings is 4. The summed E-state index contributed by atoms with van der Waals surface area (Å²) in [6, 6.07) is 28.7. The lowest BCUT2D eigenvalue weighted by Gasteiger charge is -2.23.